The van der Waals surface area contributed by atoms with E-state index in [4.69, 9.17) is 11.6 Å². The van der Waals surface area contributed by atoms with Crippen molar-refractivity contribution >= 4 is 29.2 Å². The van der Waals surface area contributed by atoms with Crippen LogP contribution in [0.1, 0.15) is 31.2 Å². The number of carbonyl (C=O) groups excluding carboxylic acids is 2. The molecule has 0 saturated carbocycles. The molecule has 3 rings (SSSR count). The molecule has 2 saturated heterocycles. The van der Waals surface area contributed by atoms with Gasteiger partial charge in [-0.2, -0.15) is 26.3 Å². The molecule has 3 heterocycles. The highest BCUT2D eigenvalue weighted by Gasteiger charge is 2.39. The fourth-order valence-electron chi connectivity index (χ4n) is 4.00. The molecule has 0 aliphatic carbocycles. The minimum atomic E-state index is -4.56. The Bertz CT molecular complexity index is 855. The van der Waals surface area contributed by atoms with Gasteiger partial charge < -0.3 is 15.1 Å². The van der Waals surface area contributed by atoms with Crippen LogP contribution in [-0.4, -0.2) is 60.1 Å². The Morgan fingerprint density at radius 2 is 1.75 bits per heavy atom. The minimum Gasteiger partial charge on any atom is -0.355 e. The summed E-state index contributed by atoms with van der Waals surface area (Å²) in [6.07, 6.45) is -6.89. The topological polar surface area (TPSA) is 65.5 Å². The van der Waals surface area contributed by atoms with Crippen LogP contribution in [0.5, 0.6) is 0 Å². The van der Waals surface area contributed by atoms with E-state index in [0.29, 0.717) is 45.0 Å². The summed E-state index contributed by atoms with van der Waals surface area (Å²) in [6, 6.07) is -0.135. The van der Waals surface area contributed by atoms with Gasteiger partial charge in [0.05, 0.1) is 10.6 Å². The van der Waals surface area contributed by atoms with E-state index < -0.39 is 42.3 Å². The van der Waals surface area contributed by atoms with Crippen LogP contribution in [0.15, 0.2) is 12.3 Å². The number of hydrogen-bond donors (Lipinski definition) is 1. The molecule has 13 heteroatoms. The molecular formula is C19H21ClF6N4O2. The number of anilines is 1. The number of hydrogen-bond acceptors (Lipinski definition) is 4. The molecule has 2 amide bonds. The number of halogens is 7. The van der Waals surface area contributed by atoms with Crippen LogP contribution in [0.2, 0.25) is 5.02 Å². The lowest BCUT2D eigenvalue weighted by molar-refractivity contribution is -0.146. The standard InChI is InChI=1S/C19H21ClF6N4O2/c20-13-8-12(19(24,25)26)9-27-15(13)29-6-3-11(4-7-29)17(32)30-5-1-2-14(30)16(31)28-10-18(21,22)23/h8-9,11,14H,1-7,10H2,(H,28,31). The molecule has 1 unspecified atom stereocenters. The van der Waals surface area contributed by atoms with Crippen molar-refractivity contribution in [2.45, 2.75) is 44.1 Å². The third-order valence-electron chi connectivity index (χ3n) is 5.59. The van der Waals surface area contributed by atoms with Crippen molar-refractivity contribution < 1.29 is 35.9 Å². The number of aromatic nitrogens is 1. The fourth-order valence-corrected chi connectivity index (χ4v) is 4.29. The molecule has 1 N–H and O–H groups in total. The van der Waals surface area contributed by atoms with Gasteiger partial charge in [0.15, 0.2) is 0 Å². The molecule has 1 aromatic rings. The van der Waals surface area contributed by atoms with Crippen molar-refractivity contribution in [2.75, 3.05) is 31.1 Å². The van der Waals surface area contributed by atoms with E-state index in [-0.39, 0.29) is 23.3 Å². The summed E-state index contributed by atoms with van der Waals surface area (Å²) in [4.78, 5) is 31.9. The van der Waals surface area contributed by atoms with Crippen molar-refractivity contribution in [2.24, 2.45) is 5.92 Å². The van der Waals surface area contributed by atoms with Gasteiger partial charge in [0.25, 0.3) is 0 Å². The molecule has 6 nitrogen and oxygen atoms in total. The number of carbonyl (C=O) groups is 2. The Kier molecular flexibility index (Phi) is 7.11. The predicted molar refractivity (Wildman–Crippen MR) is 103 cm³/mol. The summed E-state index contributed by atoms with van der Waals surface area (Å²) < 4.78 is 75.5. The van der Waals surface area contributed by atoms with Gasteiger partial charge in [-0.25, -0.2) is 4.98 Å². The highest BCUT2D eigenvalue weighted by atomic mass is 35.5. The van der Waals surface area contributed by atoms with Gasteiger partial charge in [0.2, 0.25) is 11.8 Å². The average molecular weight is 487 g/mol. The Labute approximate surface area is 184 Å². The number of piperidine rings is 1. The zero-order chi connectivity index (χ0) is 23.7. The van der Waals surface area contributed by atoms with Gasteiger partial charge in [-0.05, 0) is 31.7 Å². The van der Waals surface area contributed by atoms with E-state index in [1.807, 2.05) is 5.32 Å². The summed E-state index contributed by atoms with van der Waals surface area (Å²) in [5.41, 5.74) is -0.958. The Hall–Kier alpha value is -2.24. The number of pyridine rings is 1. The van der Waals surface area contributed by atoms with E-state index in [0.717, 1.165) is 6.07 Å². The van der Waals surface area contributed by atoms with Gasteiger partial charge in [-0.3, -0.25) is 9.59 Å². The Morgan fingerprint density at radius 1 is 1.09 bits per heavy atom. The molecule has 0 spiro atoms. The van der Waals surface area contributed by atoms with Crippen LogP contribution in [0.4, 0.5) is 32.2 Å². The average Bonchev–Trinajstić information content (AvgIpc) is 3.20. The van der Waals surface area contributed by atoms with Crippen LogP contribution in [0.25, 0.3) is 0 Å². The summed E-state index contributed by atoms with van der Waals surface area (Å²) in [5, 5.41) is 1.69. The second-order valence-electron chi connectivity index (χ2n) is 7.81. The first kappa shape index (κ1) is 24.4. The van der Waals surface area contributed by atoms with Crippen LogP contribution in [0, 0.1) is 5.92 Å². The molecule has 2 fully saturated rings. The van der Waals surface area contributed by atoms with Crippen LogP contribution >= 0.6 is 11.6 Å². The molecule has 32 heavy (non-hydrogen) atoms. The maximum absolute atomic E-state index is 12.9. The van der Waals surface area contributed by atoms with E-state index in [9.17, 15) is 35.9 Å². The fraction of sp³-hybridized carbons (Fsp3) is 0.632. The lowest BCUT2D eigenvalue weighted by atomic mass is 9.94. The summed E-state index contributed by atoms with van der Waals surface area (Å²) >= 11 is 5.98. The second-order valence-corrected chi connectivity index (χ2v) is 8.22. The zero-order valence-corrected chi connectivity index (χ0v) is 17.5. The maximum atomic E-state index is 12.9. The Morgan fingerprint density at radius 3 is 2.31 bits per heavy atom. The molecular weight excluding hydrogens is 466 g/mol. The Balaban J connectivity index is 1.59. The van der Waals surface area contributed by atoms with Gasteiger partial charge in [0, 0.05) is 31.7 Å². The quantitative estimate of drug-likeness (QED) is 0.660. The number of likely N-dealkylation sites (tertiary alicyclic amines) is 1. The molecule has 0 aromatic carbocycles. The third-order valence-corrected chi connectivity index (χ3v) is 5.87. The normalized spacial score (nSPS) is 20.5. The number of rotatable bonds is 4. The minimum absolute atomic E-state index is 0.148. The van der Waals surface area contributed by atoms with Crippen molar-refractivity contribution in [3.05, 3.63) is 22.8 Å². The maximum Gasteiger partial charge on any atom is 0.417 e. The number of amides is 2. The van der Waals surface area contributed by atoms with Gasteiger partial charge >= 0.3 is 12.4 Å². The molecule has 1 aromatic heterocycles. The van der Waals surface area contributed by atoms with Crippen LogP contribution in [-0.2, 0) is 15.8 Å². The molecule has 2 aliphatic rings. The SMILES string of the molecule is O=C(NCC(F)(F)F)C1CCCN1C(=O)C1CCN(c2ncc(C(F)(F)F)cc2Cl)CC1. The summed E-state index contributed by atoms with van der Waals surface area (Å²) in [6.45, 7) is -0.542. The number of alkyl halides is 6. The highest BCUT2D eigenvalue weighted by molar-refractivity contribution is 6.33. The largest absolute Gasteiger partial charge is 0.417 e. The number of nitrogens with zero attached hydrogens (tertiary/aromatic N) is 3. The van der Waals surface area contributed by atoms with Crippen molar-refractivity contribution in [1.82, 2.24) is 15.2 Å². The highest BCUT2D eigenvalue weighted by Crippen LogP contribution is 2.35. The van der Waals surface area contributed by atoms with E-state index in [1.54, 1.807) is 4.90 Å². The van der Waals surface area contributed by atoms with Crippen LogP contribution in [0.3, 0.4) is 0 Å². The van der Waals surface area contributed by atoms with Crippen molar-refractivity contribution in [3.8, 4) is 0 Å². The lowest BCUT2D eigenvalue weighted by Gasteiger charge is -2.35. The summed E-state index contributed by atoms with van der Waals surface area (Å²) in [7, 11) is 0. The van der Waals surface area contributed by atoms with Crippen molar-refractivity contribution in [3.63, 3.8) is 0 Å². The monoisotopic (exact) mass is 486 g/mol. The van der Waals surface area contributed by atoms with E-state index >= 15 is 0 Å². The first-order valence-electron chi connectivity index (χ1n) is 9.99. The zero-order valence-electron chi connectivity index (χ0n) is 16.8. The van der Waals surface area contributed by atoms with Gasteiger partial charge in [-0.1, -0.05) is 11.6 Å². The van der Waals surface area contributed by atoms with E-state index in [1.165, 1.54) is 4.90 Å². The molecule has 2 aliphatic heterocycles. The smallest absolute Gasteiger partial charge is 0.355 e. The first-order valence-corrected chi connectivity index (χ1v) is 10.4. The van der Waals surface area contributed by atoms with E-state index in [2.05, 4.69) is 4.98 Å². The third kappa shape index (κ3) is 5.76. The van der Waals surface area contributed by atoms with Crippen LogP contribution < -0.4 is 10.2 Å². The lowest BCUT2D eigenvalue weighted by Crippen LogP contribution is -2.50. The van der Waals surface area contributed by atoms with Crippen molar-refractivity contribution in [1.29, 1.82) is 0 Å². The molecule has 178 valence electrons. The van der Waals surface area contributed by atoms with Gasteiger partial charge in [-0.15, -0.1) is 0 Å². The molecule has 0 radical (unpaired) electrons. The first-order chi connectivity index (χ1) is 14.9. The predicted octanol–water partition coefficient (Wildman–Crippen LogP) is 3.64. The number of nitrogens with one attached hydrogen (secondary N) is 1. The molecule has 1 atom stereocenters. The summed E-state index contributed by atoms with van der Waals surface area (Å²) in [5.74, 6) is -1.39. The molecule has 0 bridgehead atoms. The second kappa shape index (κ2) is 9.32. The van der Waals surface area contributed by atoms with Gasteiger partial charge in [0.1, 0.15) is 18.4 Å².